The fraction of sp³-hybridized carbons (Fsp3) is 0.0588. The molecule has 0 atom stereocenters. The molecule has 1 heterocycles. The molecule has 0 saturated heterocycles. The van der Waals surface area contributed by atoms with Crippen LogP contribution in [0.15, 0.2) is 60.8 Å². The minimum absolute atomic E-state index is 0.173. The van der Waals surface area contributed by atoms with Crippen molar-refractivity contribution in [1.29, 1.82) is 0 Å². The summed E-state index contributed by atoms with van der Waals surface area (Å²) >= 11 is 0. The third kappa shape index (κ3) is 2.79. The van der Waals surface area contributed by atoms with E-state index < -0.39 is 23.3 Å². The van der Waals surface area contributed by atoms with Crippen molar-refractivity contribution in [3.05, 3.63) is 72.3 Å². The summed E-state index contributed by atoms with van der Waals surface area (Å²) in [5.41, 5.74) is 4.96. The summed E-state index contributed by atoms with van der Waals surface area (Å²) < 4.78 is 55.5. The Morgan fingerprint density at radius 3 is 2.04 bits per heavy atom. The Labute approximate surface area is 129 Å². The van der Waals surface area contributed by atoms with Gasteiger partial charge in [-0.05, 0) is 29.8 Å². The van der Waals surface area contributed by atoms with Gasteiger partial charge in [0, 0.05) is 23.1 Å². The third-order valence-corrected chi connectivity index (χ3v) is 3.48. The molecule has 0 unspecified atom stereocenters. The van der Waals surface area contributed by atoms with Crippen molar-refractivity contribution in [3.8, 4) is 16.8 Å². The number of benzene rings is 2. The zero-order valence-corrected chi connectivity index (χ0v) is 11.8. The first kappa shape index (κ1) is 15.1. The molecule has 0 aliphatic heterocycles. The summed E-state index contributed by atoms with van der Waals surface area (Å²) in [5.74, 6) is -0.965. The molecule has 0 aliphatic carbocycles. The predicted octanol–water partition coefficient (Wildman–Crippen LogP) is 4.88. The molecular formula is C17H12F4N2. The van der Waals surface area contributed by atoms with E-state index in [1.807, 2.05) is 0 Å². The summed E-state index contributed by atoms with van der Waals surface area (Å²) in [6, 6.07) is 13.6. The van der Waals surface area contributed by atoms with Gasteiger partial charge in [0.25, 0.3) is 0 Å². The molecule has 2 nitrogen and oxygen atoms in total. The lowest BCUT2D eigenvalue weighted by molar-refractivity contribution is -0.137. The monoisotopic (exact) mass is 320 g/mol. The van der Waals surface area contributed by atoms with Crippen LogP contribution in [0.2, 0.25) is 0 Å². The van der Waals surface area contributed by atoms with E-state index in [2.05, 4.69) is 0 Å². The number of hydrogen-bond acceptors (Lipinski definition) is 1. The van der Waals surface area contributed by atoms with Crippen molar-refractivity contribution in [1.82, 2.24) is 4.57 Å². The van der Waals surface area contributed by atoms with Gasteiger partial charge in [-0.2, -0.15) is 17.6 Å². The van der Waals surface area contributed by atoms with Crippen LogP contribution in [0.5, 0.6) is 0 Å². The summed E-state index contributed by atoms with van der Waals surface area (Å²) in [4.78, 5) is 0. The molecular weight excluding hydrogens is 308 g/mol. The SMILES string of the molecule is Nc1ccc(-n2cc(C(F)(F)F)c(-c3ccccc3)c2F)cc1. The van der Waals surface area contributed by atoms with Crippen LogP contribution in [0.25, 0.3) is 16.8 Å². The van der Waals surface area contributed by atoms with E-state index in [-0.39, 0.29) is 11.3 Å². The number of rotatable bonds is 2. The first-order chi connectivity index (χ1) is 10.9. The van der Waals surface area contributed by atoms with Crippen molar-refractivity contribution >= 4 is 5.69 Å². The van der Waals surface area contributed by atoms with Gasteiger partial charge in [0.2, 0.25) is 5.95 Å². The maximum absolute atomic E-state index is 14.7. The molecule has 2 aromatic carbocycles. The van der Waals surface area contributed by atoms with Crippen LogP contribution >= 0.6 is 0 Å². The van der Waals surface area contributed by atoms with E-state index in [9.17, 15) is 17.6 Å². The van der Waals surface area contributed by atoms with E-state index in [0.717, 1.165) is 10.8 Å². The number of nitrogens with zero attached hydrogens (tertiary/aromatic N) is 1. The van der Waals surface area contributed by atoms with Crippen LogP contribution in [0.1, 0.15) is 5.56 Å². The highest BCUT2D eigenvalue weighted by Crippen LogP contribution is 2.40. The molecule has 23 heavy (non-hydrogen) atoms. The Balaban J connectivity index is 2.25. The van der Waals surface area contributed by atoms with Gasteiger partial charge in [-0.1, -0.05) is 30.3 Å². The maximum Gasteiger partial charge on any atom is 0.418 e. The highest BCUT2D eigenvalue weighted by Gasteiger charge is 2.38. The number of halogens is 4. The smallest absolute Gasteiger partial charge is 0.399 e. The lowest BCUT2D eigenvalue weighted by atomic mass is 10.0. The van der Waals surface area contributed by atoms with Crippen LogP contribution in [-0.2, 0) is 6.18 Å². The highest BCUT2D eigenvalue weighted by atomic mass is 19.4. The maximum atomic E-state index is 14.7. The van der Waals surface area contributed by atoms with Gasteiger partial charge < -0.3 is 5.73 Å². The molecule has 6 heteroatoms. The zero-order chi connectivity index (χ0) is 16.6. The number of anilines is 1. The van der Waals surface area contributed by atoms with Crippen LogP contribution in [0, 0.1) is 5.95 Å². The van der Waals surface area contributed by atoms with Gasteiger partial charge in [0.1, 0.15) is 0 Å². The van der Waals surface area contributed by atoms with Crippen molar-refractivity contribution in [2.45, 2.75) is 6.18 Å². The molecule has 2 N–H and O–H groups in total. The molecule has 0 fully saturated rings. The summed E-state index contributed by atoms with van der Waals surface area (Å²) in [5, 5.41) is 0. The van der Waals surface area contributed by atoms with Gasteiger partial charge in [0.05, 0.1) is 5.56 Å². The first-order valence-corrected chi connectivity index (χ1v) is 6.77. The molecule has 0 amide bonds. The molecule has 3 rings (SSSR count). The fourth-order valence-electron chi connectivity index (χ4n) is 2.40. The van der Waals surface area contributed by atoms with Crippen LogP contribution in [0.4, 0.5) is 23.2 Å². The summed E-state index contributed by atoms with van der Waals surface area (Å²) in [6.45, 7) is 0. The first-order valence-electron chi connectivity index (χ1n) is 6.77. The molecule has 0 saturated carbocycles. The molecule has 3 aromatic rings. The quantitative estimate of drug-likeness (QED) is 0.529. The second kappa shape index (κ2) is 5.46. The summed E-state index contributed by atoms with van der Waals surface area (Å²) in [6.07, 6.45) is -3.89. The molecule has 1 aromatic heterocycles. The van der Waals surface area contributed by atoms with E-state index >= 15 is 0 Å². The molecule has 0 bridgehead atoms. The highest BCUT2D eigenvalue weighted by molar-refractivity contribution is 5.69. The van der Waals surface area contributed by atoms with E-state index in [4.69, 9.17) is 5.73 Å². The molecule has 118 valence electrons. The van der Waals surface area contributed by atoms with Crippen molar-refractivity contribution in [2.24, 2.45) is 0 Å². The van der Waals surface area contributed by atoms with Crippen molar-refractivity contribution < 1.29 is 17.6 Å². The largest absolute Gasteiger partial charge is 0.418 e. The molecule has 0 aliphatic rings. The van der Waals surface area contributed by atoms with E-state index in [1.54, 1.807) is 18.2 Å². The lowest BCUT2D eigenvalue weighted by Gasteiger charge is -2.07. The minimum Gasteiger partial charge on any atom is -0.399 e. The van der Waals surface area contributed by atoms with Gasteiger partial charge >= 0.3 is 6.18 Å². The Hall–Kier alpha value is -2.76. The number of nitrogens with two attached hydrogens (primary N) is 1. The van der Waals surface area contributed by atoms with Crippen molar-refractivity contribution in [2.75, 3.05) is 5.73 Å². The Bertz CT molecular complexity index is 818. The normalized spacial score (nSPS) is 11.7. The van der Waals surface area contributed by atoms with Crippen molar-refractivity contribution in [3.63, 3.8) is 0 Å². The van der Waals surface area contributed by atoms with Gasteiger partial charge in [0.15, 0.2) is 0 Å². The lowest BCUT2D eigenvalue weighted by Crippen LogP contribution is -2.05. The Morgan fingerprint density at radius 1 is 0.870 bits per heavy atom. The Morgan fingerprint density at radius 2 is 1.48 bits per heavy atom. The number of alkyl halides is 3. The second-order valence-corrected chi connectivity index (χ2v) is 5.03. The third-order valence-electron chi connectivity index (χ3n) is 3.48. The van der Waals surface area contributed by atoms with Crippen LogP contribution in [-0.4, -0.2) is 4.57 Å². The van der Waals surface area contributed by atoms with Gasteiger partial charge in [-0.25, -0.2) is 0 Å². The predicted molar refractivity (Wildman–Crippen MR) is 80.6 cm³/mol. The summed E-state index contributed by atoms with van der Waals surface area (Å²) in [7, 11) is 0. The number of hydrogen-bond donors (Lipinski definition) is 1. The van der Waals surface area contributed by atoms with E-state index in [1.165, 1.54) is 36.4 Å². The topological polar surface area (TPSA) is 30.9 Å². The average Bonchev–Trinajstić information content (AvgIpc) is 2.87. The van der Waals surface area contributed by atoms with Crippen LogP contribution in [0.3, 0.4) is 0 Å². The average molecular weight is 320 g/mol. The van der Waals surface area contributed by atoms with Gasteiger partial charge in [-0.15, -0.1) is 0 Å². The Kier molecular flexibility index (Phi) is 3.60. The molecule has 0 spiro atoms. The standard InChI is InChI=1S/C17H12F4N2/c18-16-15(11-4-2-1-3-5-11)14(17(19,20)21)10-23(16)13-8-6-12(22)7-9-13/h1-10H,22H2. The molecule has 0 radical (unpaired) electrons. The van der Waals surface area contributed by atoms with E-state index in [0.29, 0.717) is 5.69 Å². The minimum atomic E-state index is -4.66. The number of aromatic nitrogens is 1. The second-order valence-electron chi connectivity index (χ2n) is 5.03. The fourth-order valence-corrected chi connectivity index (χ4v) is 2.40. The van der Waals surface area contributed by atoms with Crippen LogP contribution < -0.4 is 5.73 Å². The number of nitrogen functional groups attached to an aromatic ring is 1. The van der Waals surface area contributed by atoms with Gasteiger partial charge in [-0.3, -0.25) is 4.57 Å². The zero-order valence-electron chi connectivity index (χ0n) is 11.8.